The van der Waals surface area contributed by atoms with Gasteiger partial charge in [0, 0.05) is 12.6 Å². The number of likely N-dealkylation sites (tertiary alicyclic amines) is 1. The van der Waals surface area contributed by atoms with E-state index in [1.807, 2.05) is 6.08 Å². The molecular formula is C13H26N2. The van der Waals surface area contributed by atoms with E-state index >= 15 is 0 Å². The fourth-order valence-corrected chi connectivity index (χ4v) is 2.28. The molecule has 15 heavy (non-hydrogen) atoms. The molecule has 1 aliphatic heterocycles. The molecule has 1 aliphatic rings. The summed E-state index contributed by atoms with van der Waals surface area (Å²) >= 11 is 0. The molecule has 0 spiro atoms. The maximum atomic E-state index is 3.76. The van der Waals surface area contributed by atoms with Gasteiger partial charge in [-0.2, -0.15) is 0 Å². The summed E-state index contributed by atoms with van der Waals surface area (Å²) in [6.45, 7) is 9.76. The molecule has 0 aromatic carbocycles. The third-order valence-corrected chi connectivity index (χ3v) is 3.28. The molecule has 0 aliphatic carbocycles. The lowest BCUT2D eigenvalue weighted by Gasteiger charge is -2.30. The van der Waals surface area contributed by atoms with Crippen LogP contribution in [0.3, 0.4) is 0 Å². The molecule has 1 fully saturated rings. The SMILES string of the molecule is C=CCC[C@@H](C)NC[C@@H]1CCCN(C)C1. The van der Waals surface area contributed by atoms with Crippen molar-refractivity contribution >= 4 is 0 Å². The van der Waals surface area contributed by atoms with Crippen LogP contribution in [0, 0.1) is 5.92 Å². The van der Waals surface area contributed by atoms with Gasteiger partial charge in [-0.15, -0.1) is 6.58 Å². The maximum Gasteiger partial charge on any atom is 0.00417 e. The summed E-state index contributed by atoms with van der Waals surface area (Å²) in [5, 5.41) is 3.63. The highest BCUT2D eigenvalue weighted by molar-refractivity contribution is 4.75. The van der Waals surface area contributed by atoms with Crippen molar-refractivity contribution in [1.82, 2.24) is 10.2 Å². The highest BCUT2D eigenvalue weighted by Crippen LogP contribution is 2.14. The highest BCUT2D eigenvalue weighted by Gasteiger charge is 2.17. The molecule has 0 amide bonds. The van der Waals surface area contributed by atoms with Crippen molar-refractivity contribution in [3.05, 3.63) is 12.7 Å². The molecule has 2 nitrogen and oxygen atoms in total. The normalized spacial score (nSPS) is 25.1. The summed E-state index contributed by atoms with van der Waals surface area (Å²) < 4.78 is 0. The summed E-state index contributed by atoms with van der Waals surface area (Å²) in [4.78, 5) is 2.45. The van der Waals surface area contributed by atoms with E-state index in [4.69, 9.17) is 0 Å². The first-order valence-electron chi connectivity index (χ1n) is 6.25. The minimum atomic E-state index is 0.634. The minimum Gasteiger partial charge on any atom is -0.314 e. The van der Waals surface area contributed by atoms with Crippen LogP contribution in [0.25, 0.3) is 0 Å². The standard InChI is InChI=1S/C13H26N2/c1-4-5-7-12(2)14-10-13-8-6-9-15(3)11-13/h4,12-14H,1,5-11H2,2-3H3/t12-,13+/m1/s1. The second kappa shape index (κ2) is 7.02. The van der Waals surface area contributed by atoms with Crippen LogP contribution in [0.15, 0.2) is 12.7 Å². The molecular weight excluding hydrogens is 184 g/mol. The molecule has 2 heteroatoms. The predicted molar refractivity (Wildman–Crippen MR) is 67.1 cm³/mol. The Morgan fingerprint density at radius 1 is 1.60 bits per heavy atom. The van der Waals surface area contributed by atoms with Crippen LogP contribution in [0.2, 0.25) is 0 Å². The number of rotatable bonds is 6. The van der Waals surface area contributed by atoms with E-state index in [1.165, 1.54) is 38.9 Å². The number of piperidine rings is 1. The van der Waals surface area contributed by atoms with Gasteiger partial charge in [0.1, 0.15) is 0 Å². The van der Waals surface area contributed by atoms with Gasteiger partial charge in [0.25, 0.3) is 0 Å². The lowest BCUT2D eigenvalue weighted by atomic mass is 9.98. The molecule has 1 saturated heterocycles. The van der Waals surface area contributed by atoms with Crippen LogP contribution in [0.1, 0.15) is 32.6 Å². The third-order valence-electron chi connectivity index (χ3n) is 3.28. The smallest absolute Gasteiger partial charge is 0.00417 e. The van der Waals surface area contributed by atoms with Crippen LogP contribution in [0.5, 0.6) is 0 Å². The lowest BCUT2D eigenvalue weighted by molar-refractivity contribution is 0.203. The number of hydrogen-bond donors (Lipinski definition) is 1. The molecule has 2 atom stereocenters. The summed E-state index contributed by atoms with van der Waals surface area (Å²) in [7, 11) is 2.23. The Labute approximate surface area is 94.7 Å². The molecule has 0 unspecified atom stereocenters. The van der Waals surface area contributed by atoms with Gasteiger partial charge in [-0.05, 0) is 58.7 Å². The minimum absolute atomic E-state index is 0.634. The summed E-state index contributed by atoms with van der Waals surface area (Å²) in [6, 6.07) is 0.634. The zero-order valence-electron chi connectivity index (χ0n) is 10.3. The number of allylic oxidation sites excluding steroid dienone is 1. The fraction of sp³-hybridized carbons (Fsp3) is 0.846. The second-order valence-electron chi connectivity index (χ2n) is 4.95. The van der Waals surface area contributed by atoms with Crippen LogP contribution in [-0.4, -0.2) is 37.6 Å². The van der Waals surface area contributed by atoms with Crippen LogP contribution in [0.4, 0.5) is 0 Å². The van der Waals surface area contributed by atoms with Gasteiger partial charge in [0.2, 0.25) is 0 Å². The molecule has 1 heterocycles. The largest absolute Gasteiger partial charge is 0.314 e. The molecule has 0 saturated carbocycles. The average Bonchev–Trinajstić information content (AvgIpc) is 2.23. The topological polar surface area (TPSA) is 15.3 Å². The van der Waals surface area contributed by atoms with Gasteiger partial charge in [-0.25, -0.2) is 0 Å². The van der Waals surface area contributed by atoms with E-state index in [0.717, 1.165) is 12.3 Å². The lowest BCUT2D eigenvalue weighted by Crippen LogP contribution is -2.39. The van der Waals surface area contributed by atoms with Crippen molar-refractivity contribution in [3.8, 4) is 0 Å². The van der Waals surface area contributed by atoms with Gasteiger partial charge in [-0.1, -0.05) is 6.08 Å². The first kappa shape index (κ1) is 12.7. The van der Waals surface area contributed by atoms with Crippen molar-refractivity contribution in [2.75, 3.05) is 26.7 Å². The molecule has 0 radical (unpaired) electrons. The van der Waals surface area contributed by atoms with E-state index in [-0.39, 0.29) is 0 Å². The van der Waals surface area contributed by atoms with Crippen LogP contribution >= 0.6 is 0 Å². The van der Waals surface area contributed by atoms with E-state index in [9.17, 15) is 0 Å². The van der Waals surface area contributed by atoms with Crippen molar-refractivity contribution in [2.45, 2.75) is 38.6 Å². The van der Waals surface area contributed by atoms with E-state index < -0.39 is 0 Å². The highest BCUT2D eigenvalue weighted by atomic mass is 15.1. The Kier molecular flexibility index (Phi) is 5.96. The Balaban J connectivity index is 2.10. The van der Waals surface area contributed by atoms with E-state index in [2.05, 4.69) is 30.8 Å². The maximum absolute atomic E-state index is 3.76. The molecule has 0 bridgehead atoms. The fourth-order valence-electron chi connectivity index (χ4n) is 2.28. The van der Waals surface area contributed by atoms with Gasteiger partial charge >= 0.3 is 0 Å². The van der Waals surface area contributed by atoms with Gasteiger partial charge in [0.05, 0.1) is 0 Å². The summed E-state index contributed by atoms with van der Waals surface area (Å²) in [5.41, 5.74) is 0. The first-order chi connectivity index (χ1) is 7.22. The third kappa shape index (κ3) is 5.33. The molecule has 0 aromatic rings. The van der Waals surface area contributed by atoms with Crippen molar-refractivity contribution in [2.24, 2.45) is 5.92 Å². The Morgan fingerprint density at radius 3 is 3.07 bits per heavy atom. The van der Waals surface area contributed by atoms with Crippen molar-refractivity contribution < 1.29 is 0 Å². The van der Waals surface area contributed by atoms with Crippen molar-refractivity contribution in [3.63, 3.8) is 0 Å². The Hall–Kier alpha value is -0.340. The monoisotopic (exact) mass is 210 g/mol. The molecule has 88 valence electrons. The Morgan fingerprint density at radius 2 is 2.40 bits per heavy atom. The van der Waals surface area contributed by atoms with Crippen molar-refractivity contribution in [1.29, 1.82) is 0 Å². The van der Waals surface area contributed by atoms with E-state index in [0.29, 0.717) is 6.04 Å². The number of nitrogens with zero attached hydrogens (tertiary/aromatic N) is 1. The molecule has 1 rings (SSSR count). The van der Waals surface area contributed by atoms with Gasteiger partial charge in [0.15, 0.2) is 0 Å². The van der Waals surface area contributed by atoms with Crippen LogP contribution < -0.4 is 5.32 Å². The van der Waals surface area contributed by atoms with E-state index in [1.54, 1.807) is 0 Å². The predicted octanol–water partition coefficient (Wildman–Crippen LogP) is 2.27. The summed E-state index contributed by atoms with van der Waals surface area (Å²) in [6.07, 6.45) is 7.10. The Bertz CT molecular complexity index is 179. The first-order valence-corrected chi connectivity index (χ1v) is 6.25. The zero-order valence-corrected chi connectivity index (χ0v) is 10.3. The van der Waals surface area contributed by atoms with Gasteiger partial charge < -0.3 is 10.2 Å². The zero-order chi connectivity index (χ0) is 11.1. The molecule has 0 aromatic heterocycles. The average molecular weight is 210 g/mol. The van der Waals surface area contributed by atoms with Crippen LogP contribution in [-0.2, 0) is 0 Å². The number of hydrogen-bond acceptors (Lipinski definition) is 2. The summed E-state index contributed by atoms with van der Waals surface area (Å²) in [5.74, 6) is 0.856. The second-order valence-corrected chi connectivity index (χ2v) is 4.95. The van der Waals surface area contributed by atoms with Gasteiger partial charge in [-0.3, -0.25) is 0 Å². The molecule has 1 N–H and O–H groups in total. The number of nitrogens with one attached hydrogen (secondary N) is 1. The quantitative estimate of drug-likeness (QED) is 0.677.